The Kier molecular flexibility index (Phi) is 4.93. The molecular formula is C14H16ClNO3. The Morgan fingerprint density at radius 2 is 2.32 bits per heavy atom. The monoisotopic (exact) mass is 281 g/mol. The minimum absolute atomic E-state index is 0.202. The first-order chi connectivity index (χ1) is 9.22. The molecule has 0 aromatic heterocycles. The van der Waals surface area contributed by atoms with Crippen molar-refractivity contribution in [2.45, 2.75) is 32.5 Å². The average Bonchev–Trinajstić information content (AvgIpc) is 2.88. The van der Waals surface area contributed by atoms with E-state index in [0.717, 1.165) is 12.8 Å². The maximum absolute atomic E-state index is 12.2. The molecule has 1 heterocycles. The van der Waals surface area contributed by atoms with Crippen molar-refractivity contribution in [2.75, 3.05) is 6.61 Å². The van der Waals surface area contributed by atoms with Gasteiger partial charge in [0.05, 0.1) is 18.1 Å². The maximum Gasteiger partial charge on any atom is 0.232 e. The SMILES string of the molecule is CCCCOC1CC(C(=O)c2ccccc2Cl)=NO1. The molecule has 102 valence electrons. The molecule has 1 aromatic rings. The van der Waals surface area contributed by atoms with Crippen LogP contribution in [-0.4, -0.2) is 24.4 Å². The Bertz CT molecular complexity index is 487. The summed E-state index contributed by atoms with van der Waals surface area (Å²) in [6, 6.07) is 6.91. The van der Waals surface area contributed by atoms with Crippen LogP contribution in [0, 0.1) is 0 Å². The molecule has 0 bridgehead atoms. The van der Waals surface area contributed by atoms with Crippen LogP contribution in [0.5, 0.6) is 0 Å². The highest BCUT2D eigenvalue weighted by atomic mass is 35.5. The van der Waals surface area contributed by atoms with Crippen molar-refractivity contribution >= 4 is 23.1 Å². The van der Waals surface area contributed by atoms with Crippen molar-refractivity contribution in [2.24, 2.45) is 5.16 Å². The molecule has 1 aromatic carbocycles. The quantitative estimate of drug-likeness (QED) is 0.593. The second-order valence-corrected chi connectivity index (χ2v) is 4.72. The number of Topliss-reactive ketones (excluding diaryl/α,β-unsaturated/α-hetero) is 1. The number of hydrogen-bond donors (Lipinski definition) is 0. The molecule has 19 heavy (non-hydrogen) atoms. The summed E-state index contributed by atoms with van der Waals surface area (Å²) in [4.78, 5) is 17.3. The van der Waals surface area contributed by atoms with E-state index in [4.69, 9.17) is 21.2 Å². The molecule has 4 nitrogen and oxygen atoms in total. The normalized spacial score (nSPS) is 18.0. The van der Waals surface area contributed by atoms with Gasteiger partial charge in [-0.25, -0.2) is 0 Å². The lowest BCUT2D eigenvalue weighted by Crippen LogP contribution is -2.18. The highest BCUT2D eigenvalue weighted by molar-refractivity contribution is 6.49. The number of carbonyl (C=O) groups is 1. The number of halogens is 1. The second-order valence-electron chi connectivity index (χ2n) is 4.31. The van der Waals surface area contributed by atoms with Gasteiger partial charge in [-0.15, -0.1) is 0 Å². The Labute approximate surface area is 117 Å². The van der Waals surface area contributed by atoms with E-state index in [1.54, 1.807) is 24.3 Å². The van der Waals surface area contributed by atoms with Gasteiger partial charge in [0.25, 0.3) is 0 Å². The minimum Gasteiger partial charge on any atom is -0.363 e. The first-order valence-corrected chi connectivity index (χ1v) is 6.73. The summed E-state index contributed by atoms with van der Waals surface area (Å²) in [5.74, 6) is -0.202. The van der Waals surface area contributed by atoms with Gasteiger partial charge in [0, 0.05) is 5.56 Å². The molecule has 0 amide bonds. The zero-order valence-corrected chi connectivity index (χ0v) is 11.5. The summed E-state index contributed by atoms with van der Waals surface area (Å²) in [6.45, 7) is 2.70. The van der Waals surface area contributed by atoms with Crippen LogP contribution in [0.4, 0.5) is 0 Å². The standard InChI is InChI=1S/C14H16ClNO3/c1-2-3-8-18-13-9-12(16-19-13)14(17)10-6-4-5-7-11(10)15/h4-7,13H,2-3,8-9H2,1H3. The number of rotatable bonds is 6. The maximum atomic E-state index is 12.2. The van der Waals surface area contributed by atoms with Gasteiger partial charge in [-0.1, -0.05) is 42.2 Å². The van der Waals surface area contributed by atoms with Crippen molar-refractivity contribution in [3.05, 3.63) is 34.9 Å². The molecule has 1 unspecified atom stereocenters. The van der Waals surface area contributed by atoms with Crippen LogP contribution >= 0.6 is 11.6 Å². The molecule has 0 fully saturated rings. The largest absolute Gasteiger partial charge is 0.363 e. The number of benzene rings is 1. The fourth-order valence-corrected chi connectivity index (χ4v) is 1.96. The number of oxime groups is 1. The van der Waals surface area contributed by atoms with Gasteiger partial charge in [-0.05, 0) is 18.6 Å². The lowest BCUT2D eigenvalue weighted by Gasteiger charge is -2.08. The van der Waals surface area contributed by atoms with Crippen LogP contribution in [0.1, 0.15) is 36.5 Å². The van der Waals surface area contributed by atoms with Gasteiger partial charge in [0.2, 0.25) is 12.1 Å². The van der Waals surface area contributed by atoms with Crippen LogP contribution in [0.25, 0.3) is 0 Å². The summed E-state index contributed by atoms with van der Waals surface area (Å²) in [7, 11) is 0. The zero-order chi connectivity index (χ0) is 13.7. The third-order valence-electron chi connectivity index (χ3n) is 2.82. The van der Waals surface area contributed by atoms with Crippen molar-refractivity contribution in [3.8, 4) is 0 Å². The van der Waals surface area contributed by atoms with E-state index in [-0.39, 0.29) is 5.78 Å². The molecule has 1 aliphatic rings. The molecule has 2 rings (SSSR count). The van der Waals surface area contributed by atoms with E-state index >= 15 is 0 Å². The van der Waals surface area contributed by atoms with Crippen LogP contribution in [0.2, 0.25) is 5.02 Å². The van der Waals surface area contributed by atoms with E-state index in [0.29, 0.717) is 29.3 Å². The lowest BCUT2D eigenvalue weighted by atomic mass is 10.1. The summed E-state index contributed by atoms with van der Waals surface area (Å²) in [6.07, 6.45) is 1.94. The topological polar surface area (TPSA) is 47.9 Å². The van der Waals surface area contributed by atoms with E-state index in [2.05, 4.69) is 12.1 Å². The number of ketones is 1. The summed E-state index contributed by atoms with van der Waals surface area (Å²) < 4.78 is 5.47. The molecular weight excluding hydrogens is 266 g/mol. The van der Waals surface area contributed by atoms with Crippen molar-refractivity contribution in [1.82, 2.24) is 0 Å². The minimum atomic E-state index is -0.451. The van der Waals surface area contributed by atoms with E-state index < -0.39 is 6.29 Å². The molecule has 0 spiro atoms. The number of ether oxygens (including phenoxy) is 1. The Hall–Kier alpha value is -1.39. The molecule has 5 heteroatoms. The molecule has 0 saturated heterocycles. The van der Waals surface area contributed by atoms with Crippen molar-refractivity contribution in [3.63, 3.8) is 0 Å². The van der Waals surface area contributed by atoms with Crippen molar-refractivity contribution in [1.29, 1.82) is 0 Å². The van der Waals surface area contributed by atoms with Gasteiger partial charge in [-0.2, -0.15) is 0 Å². The van der Waals surface area contributed by atoms with Crippen LogP contribution in [-0.2, 0) is 9.57 Å². The number of unbranched alkanes of at least 4 members (excludes halogenated alkanes) is 1. The molecule has 0 saturated carbocycles. The lowest BCUT2D eigenvalue weighted by molar-refractivity contribution is -0.124. The van der Waals surface area contributed by atoms with Crippen LogP contribution in [0.15, 0.2) is 29.4 Å². The third-order valence-corrected chi connectivity index (χ3v) is 3.15. The molecule has 1 aliphatic heterocycles. The first-order valence-electron chi connectivity index (χ1n) is 6.36. The van der Waals surface area contributed by atoms with Crippen molar-refractivity contribution < 1.29 is 14.4 Å². The fourth-order valence-electron chi connectivity index (χ4n) is 1.74. The van der Waals surface area contributed by atoms with Crippen LogP contribution < -0.4 is 0 Å². The predicted octanol–water partition coefficient (Wildman–Crippen LogP) is 3.44. The Morgan fingerprint density at radius 3 is 3.05 bits per heavy atom. The van der Waals surface area contributed by atoms with Crippen LogP contribution in [0.3, 0.4) is 0 Å². The van der Waals surface area contributed by atoms with Gasteiger partial charge in [0.1, 0.15) is 5.71 Å². The molecule has 0 aliphatic carbocycles. The highest BCUT2D eigenvalue weighted by Crippen LogP contribution is 2.20. The van der Waals surface area contributed by atoms with Gasteiger partial charge >= 0.3 is 0 Å². The van der Waals surface area contributed by atoms with Gasteiger partial charge < -0.3 is 9.57 Å². The highest BCUT2D eigenvalue weighted by Gasteiger charge is 2.28. The molecule has 0 N–H and O–H groups in total. The summed E-state index contributed by atoms with van der Waals surface area (Å²) >= 11 is 5.99. The summed E-state index contributed by atoms with van der Waals surface area (Å²) in [5, 5.41) is 4.22. The number of carbonyl (C=O) groups excluding carboxylic acids is 1. The van der Waals surface area contributed by atoms with E-state index in [9.17, 15) is 4.79 Å². The van der Waals surface area contributed by atoms with Gasteiger partial charge in [-0.3, -0.25) is 4.79 Å². The number of hydrogen-bond acceptors (Lipinski definition) is 4. The second kappa shape index (κ2) is 6.68. The fraction of sp³-hybridized carbons (Fsp3) is 0.429. The van der Waals surface area contributed by atoms with Gasteiger partial charge in [0.15, 0.2) is 0 Å². The Morgan fingerprint density at radius 1 is 1.53 bits per heavy atom. The average molecular weight is 282 g/mol. The number of nitrogens with zero attached hydrogens (tertiary/aromatic N) is 1. The van der Waals surface area contributed by atoms with E-state index in [1.165, 1.54) is 0 Å². The Balaban J connectivity index is 1.94. The molecule has 0 radical (unpaired) electrons. The first kappa shape index (κ1) is 14.0. The summed E-state index contributed by atoms with van der Waals surface area (Å²) in [5.41, 5.74) is 0.801. The molecule has 1 atom stereocenters. The predicted molar refractivity (Wildman–Crippen MR) is 73.6 cm³/mol. The third kappa shape index (κ3) is 3.55. The van der Waals surface area contributed by atoms with E-state index in [1.807, 2.05) is 0 Å². The smallest absolute Gasteiger partial charge is 0.232 e. The zero-order valence-electron chi connectivity index (χ0n) is 10.8.